The molecule has 0 unspecified atom stereocenters. The van der Waals surface area contributed by atoms with Crippen LogP contribution in [-0.2, 0) is 0 Å². The lowest BCUT2D eigenvalue weighted by Crippen LogP contribution is -2.33. The lowest BCUT2D eigenvalue weighted by Gasteiger charge is -2.02. The Morgan fingerprint density at radius 3 is 2.70 bits per heavy atom. The number of hydrogen-bond acceptors (Lipinski definition) is 1. The minimum atomic E-state index is -0.115. The number of rotatable bonds is 4. The van der Waals surface area contributed by atoms with Gasteiger partial charge in [-0.25, -0.2) is 4.79 Å². The first-order valence-electron chi connectivity index (χ1n) is 3.67. The van der Waals surface area contributed by atoms with E-state index < -0.39 is 0 Å². The van der Waals surface area contributed by atoms with Gasteiger partial charge in [-0.3, -0.25) is 0 Å². The highest BCUT2D eigenvalue weighted by molar-refractivity contribution is 5.74. The molecular weight excluding hydrogens is 128 g/mol. The van der Waals surface area contributed by atoms with E-state index in [4.69, 9.17) is 0 Å². The molecule has 2 N–H and O–H groups in total. The van der Waals surface area contributed by atoms with Gasteiger partial charge in [-0.05, 0) is 13.3 Å². The second-order valence-corrected chi connectivity index (χ2v) is 2.00. The summed E-state index contributed by atoms with van der Waals surface area (Å²) in [6.45, 7) is 6.39. The Morgan fingerprint density at radius 1 is 1.50 bits per heavy atom. The Labute approximate surface area is 62.2 Å². The van der Waals surface area contributed by atoms with Crippen LogP contribution in [0, 0.1) is 6.54 Å². The second-order valence-electron chi connectivity index (χ2n) is 2.00. The van der Waals surface area contributed by atoms with E-state index in [0.29, 0.717) is 6.54 Å². The van der Waals surface area contributed by atoms with Crippen LogP contribution in [0.3, 0.4) is 0 Å². The van der Waals surface area contributed by atoms with Gasteiger partial charge in [0.15, 0.2) is 0 Å². The Bertz CT molecular complexity index is 93.6. The predicted octanol–water partition coefficient (Wildman–Crippen LogP) is 1.27. The summed E-state index contributed by atoms with van der Waals surface area (Å²) in [6, 6.07) is -0.115. The Kier molecular flexibility index (Phi) is 5.92. The largest absolute Gasteiger partial charge is 0.338 e. The molecule has 0 saturated carbocycles. The minimum absolute atomic E-state index is 0.115. The molecule has 0 aromatic rings. The zero-order chi connectivity index (χ0) is 7.82. The summed E-state index contributed by atoms with van der Waals surface area (Å²) >= 11 is 0. The molecule has 0 aliphatic heterocycles. The van der Waals surface area contributed by atoms with Gasteiger partial charge in [-0.15, -0.1) is 0 Å². The normalized spacial score (nSPS) is 9.00. The zero-order valence-electron chi connectivity index (χ0n) is 6.61. The second kappa shape index (κ2) is 6.39. The van der Waals surface area contributed by atoms with Gasteiger partial charge in [-0.2, -0.15) is 0 Å². The predicted molar refractivity (Wildman–Crippen MR) is 41.4 cm³/mol. The first-order valence-corrected chi connectivity index (χ1v) is 3.67. The Hall–Kier alpha value is -0.730. The lowest BCUT2D eigenvalue weighted by molar-refractivity contribution is 0.243. The van der Waals surface area contributed by atoms with E-state index in [1.54, 1.807) is 6.54 Å². The first kappa shape index (κ1) is 9.27. The molecule has 0 spiro atoms. The first-order chi connectivity index (χ1) is 4.81. The van der Waals surface area contributed by atoms with Gasteiger partial charge < -0.3 is 10.6 Å². The fourth-order valence-corrected chi connectivity index (χ4v) is 0.521. The van der Waals surface area contributed by atoms with Gasteiger partial charge in [0, 0.05) is 6.54 Å². The van der Waals surface area contributed by atoms with Gasteiger partial charge in [0.2, 0.25) is 0 Å². The molecule has 0 aliphatic carbocycles. The van der Waals surface area contributed by atoms with Gasteiger partial charge in [-0.1, -0.05) is 13.3 Å². The molecule has 0 aromatic carbocycles. The maximum absolute atomic E-state index is 10.7. The van der Waals surface area contributed by atoms with Crippen LogP contribution in [0.15, 0.2) is 0 Å². The van der Waals surface area contributed by atoms with E-state index in [0.717, 1.165) is 12.8 Å². The monoisotopic (exact) mass is 143 g/mol. The van der Waals surface area contributed by atoms with Crippen molar-refractivity contribution in [1.82, 2.24) is 10.6 Å². The van der Waals surface area contributed by atoms with E-state index in [1.165, 1.54) is 0 Å². The van der Waals surface area contributed by atoms with Crippen LogP contribution in [0.5, 0.6) is 0 Å². The SMILES string of the molecule is CCC[CH]NC(=O)NCC. The lowest BCUT2D eigenvalue weighted by atomic mass is 10.3. The summed E-state index contributed by atoms with van der Waals surface area (Å²) in [5.74, 6) is 0. The van der Waals surface area contributed by atoms with Crippen LogP contribution >= 0.6 is 0 Å². The van der Waals surface area contributed by atoms with E-state index in [-0.39, 0.29) is 6.03 Å². The molecule has 0 bridgehead atoms. The molecule has 0 aliphatic rings. The van der Waals surface area contributed by atoms with E-state index in [2.05, 4.69) is 17.6 Å². The molecule has 0 aromatic heterocycles. The van der Waals surface area contributed by atoms with Crippen LogP contribution in [-0.4, -0.2) is 12.6 Å². The van der Waals surface area contributed by atoms with Crippen molar-refractivity contribution in [2.24, 2.45) is 0 Å². The van der Waals surface area contributed by atoms with Crippen LogP contribution in [0.1, 0.15) is 26.7 Å². The third-order valence-corrected chi connectivity index (χ3v) is 1.00. The highest BCUT2D eigenvalue weighted by atomic mass is 16.2. The van der Waals surface area contributed by atoms with Gasteiger partial charge in [0.05, 0.1) is 6.54 Å². The number of urea groups is 1. The maximum atomic E-state index is 10.7. The topological polar surface area (TPSA) is 41.1 Å². The van der Waals surface area contributed by atoms with Crippen LogP contribution in [0.4, 0.5) is 4.79 Å². The highest BCUT2D eigenvalue weighted by Crippen LogP contribution is 1.86. The van der Waals surface area contributed by atoms with E-state index in [9.17, 15) is 4.79 Å². The van der Waals surface area contributed by atoms with Crippen molar-refractivity contribution in [1.29, 1.82) is 0 Å². The Balaban J connectivity index is 3.05. The number of nitrogens with one attached hydrogen (secondary N) is 2. The molecule has 2 amide bonds. The fourth-order valence-electron chi connectivity index (χ4n) is 0.521. The molecule has 0 heterocycles. The van der Waals surface area contributed by atoms with Crippen molar-refractivity contribution >= 4 is 6.03 Å². The summed E-state index contributed by atoms with van der Waals surface area (Å²) in [6.07, 6.45) is 1.99. The molecule has 3 heteroatoms. The number of carbonyl (C=O) groups excluding carboxylic acids is 1. The molecule has 0 saturated heterocycles. The molecule has 0 fully saturated rings. The van der Waals surface area contributed by atoms with Crippen molar-refractivity contribution in [2.75, 3.05) is 6.54 Å². The summed E-state index contributed by atoms with van der Waals surface area (Å²) in [5, 5.41) is 5.23. The molecule has 0 rings (SSSR count). The average Bonchev–Trinajstić information content (AvgIpc) is 1.89. The van der Waals surface area contributed by atoms with Crippen molar-refractivity contribution in [3.63, 3.8) is 0 Å². The summed E-state index contributed by atoms with van der Waals surface area (Å²) in [4.78, 5) is 10.7. The molecule has 3 nitrogen and oxygen atoms in total. The smallest absolute Gasteiger partial charge is 0.315 e. The van der Waals surface area contributed by atoms with Crippen molar-refractivity contribution < 1.29 is 4.79 Å². The quantitative estimate of drug-likeness (QED) is 0.572. The zero-order valence-corrected chi connectivity index (χ0v) is 6.61. The fraction of sp³-hybridized carbons (Fsp3) is 0.714. The minimum Gasteiger partial charge on any atom is -0.338 e. The molecule has 59 valence electrons. The van der Waals surface area contributed by atoms with E-state index >= 15 is 0 Å². The van der Waals surface area contributed by atoms with Gasteiger partial charge in [0.25, 0.3) is 0 Å². The number of unbranched alkanes of at least 4 members (excludes halogenated alkanes) is 1. The van der Waals surface area contributed by atoms with Gasteiger partial charge >= 0.3 is 6.03 Å². The molecule has 10 heavy (non-hydrogen) atoms. The van der Waals surface area contributed by atoms with Crippen molar-refractivity contribution in [3.05, 3.63) is 6.54 Å². The average molecular weight is 143 g/mol. The third-order valence-electron chi connectivity index (χ3n) is 1.00. The number of hydrogen-bond donors (Lipinski definition) is 2. The van der Waals surface area contributed by atoms with Crippen LogP contribution in [0.2, 0.25) is 0 Å². The van der Waals surface area contributed by atoms with E-state index in [1.807, 2.05) is 6.92 Å². The number of carbonyl (C=O) groups is 1. The standard InChI is InChI=1S/C7H15N2O/c1-3-5-6-9-7(10)8-4-2/h6H,3-5H2,1-2H3,(H2,8,9,10). The highest BCUT2D eigenvalue weighted by Gasteiger charge is 1.93. The molecular formula is C7H15N2O. The van der Waals surface area contributed by atoms with Crippen molar-refractivity contribution in [2.45, 2.75) is 26.7 Å². The number of amides is 2. The summed E-state index contributed by atoms with van der Waals surface area (Å²) < 4.78 is 0. The molecule has 1 radical (unpaired) electrons. The summed E-state index contributed by atoms with van der Waals surface area (Å²) in [7, 11) is 0. The van der Waals surface area contributed by atoms with Crippen LogP contribution in [0.25, 0.3) is 0 Å². The van der Waals surface area contributed by atoms with Crippen molar-refractivity contribution in [3.8, 4) is 0 Å². The summed E-state index contributed by atoms with van der Waals surface area (Å²) in [5.41, 5.74) is 0. The van der Waals surface area contributed by atoms with Crippen LogP contribution < -0.4 is 10.6 Å². The molecule has 0 atom stereocenters. The van der Waals surface area contributed by atoms with Gasteiger partial charge in [0.1, 0.15) is 0 Å². The third kappa shape index (κ3) is 5.41. The maximum Gasteiger partial charge on any atom is 0.315 e. The Morgan fingerprint density at radius 2 is 2.20 bits per heavy atom.